The molecule has 6 nitrogen and oxygen atoms in total. The highest BCUT2D eigenvalue weighted by Gasteiger charge is 2.13. The quantitative estimate of drug-likeness (QED) is 0.744. The van der Waals surface area contributed by atoms with Crippen molar-refractivity contribution < 1.29 is 4.79 Å². The Labute approximate surface area is 142 Å². The standard InChI is InChI=1S/C17H16N4O2S/c1-11-14(9-15(22)19-10-13-3-2-8-24-13)17(23)21-16(20-11)12-4-6-18-7-5-12/h2-8H,9-10H2,1H3,(H,19,22)(H,20,21,23). The molecule has 2 N–H and O–H groups in total. The number of aryl methyl sites for hydroxylation is 1. The Balaban J connectivity index is 1.74. The third kappa shape index (κ3) is 3.75. The summed E-state index contributed by atoms with van der Waals surface area (Å²) >= 11 is 1.58. The second kappa shape index (κ2) is 7.18. The molecule has 0 saturated heterocycles. The molecule has 3 heterocycles. The van der Waals surface area contributed by atoms with Gasteiger partial charge in [0, 0.05) is 34.1 Å². The maximum atomic E-state index is 12.3. The Morgan fingerprint density at radius 3 is 2.75 bits per heavy atom. The van der Waals surface area contributed by atoms with Gasteiger partial charge in [-0.3, -0.25) is 14.6 Å². The molecule has 0 unspecified atom stereocenters. The maximum Gasteiger partial charge on any atom is 0.255 e. The van der Waals surface area contributed by atoms with Crippen LogP contribution in [-0.2, 0) is 17.8 Å². The number of carbonyl (C=O) groups is 1. The lowest BCUT2D eigenvalue weighted by molar-refractivity contribution is -0.120. The SMILES string of the molecule is Cc1nc(-c2ccncc2)[nH]c(=O)c1CC(=O)NCc1cccs1. The highest BCUT2D eigenvalue weighted by atomic mass is 32.1. The Morgan fingerprint density at radius 2 is 2.08 bits per heavy atom. The van der Waals surface area contributed by atoms with Gasteiger partial charge in [-0.25, -0.2) is 4.98 Å². The first kappa shape index (κ1) is 16.1. The van der Waals surface area contributed by atoms with Gasteiger partial charge in [0.05, 0.1) is 13.0 Å². The van der Waals surface area contributed by atoms with Gasteiger partial charge in [-0.2, -0.15) is 0 Å². The molecule has 0 aliphatic rings. The van der Waals surface area contributed by atoms with Gasteiger partial charge in [-0.15, -0.1) is 11.3 Å². The van der Waals surface area contributed by atoms with Crippen molar-refractivity contribution in [2.45, 2.75) is 19.9 Å². The van der Waals surface area contributed by atoms with Crippen molar-refractivity contribution in [3.05, 3.63) is 68.5 Å². The van der Waals surface area contributed by atoms with Crippen molar-refractivity contribution in [3.8, 4) is 11.4 Å². The van der Waals surface area contributed by atoms with Crippen molar-refractivity contribution in [3.63, 3.8) is 0 Å². The summed E-state index contributed by atoms with van der Waals surface area (Å²) in [5, 5.41) is 4.77. The van der Waals surface area contributed by atoms with E-state index >= 15 is 0 Å². The molecule has 0 aliphatic heterocycles. The van der Waals surface area contributed by atoms with Crippen LogP contribution in [0.25, 0.3) is 11.4 Å². The number of hydrogen-bond acceptors (Lipinski definition) is 5. The van der Waals surface area contributed by atoms with Crippen LogP contribution in [0.1, 0.15) is 16.1 Å². The van der Waals surface area contributed by atoms with E-state index in [9.17, 15) is 9.59 Å². The van der Waals surface area contributed by atoms with Gasteiger partial charge < -0.3 is 10.3 Å². The van der Waals surface area contributed by atoms with Crippen LogP contribution < -0.4 is 10.9 Å². The number of aromatic amines is 1. The summed E-state index contributed by atoms with van der Waals surface area (Å²) in [6.45, 7) is 2.21. The van der Waals surface area contributed by atoms with E-state index in [1.165, 1.54) is 0 Å². The minimum Gasteiger partial charge on any atom is -0.351 e. The number of nitrogens with one attached hydrogen (secondary N) is 2. The monoisotopic (exact) mass is 340 g/mol. The summed E-state index contributed by atoms with van der Waals surface area (Å²) in [4.78, 5) is 36.5. The van der Waals surface area contributed by atoms with E-state index in [0.29, 0.717) is 23.6 Å². The minimum atomic E-state index is -0.291. The number of nitrogens with zero attached hydrogens (tertiary/aromatic N) is 2. The highest BCUT2D eigenvalue weighted by molar-refractivity contribution is 7.09. The summed E-state index contributed by atoms with van der Waals surface area (Å²) in [7, 11) is 0. The zero-order chi connectivity index (χ0) is 16.9. The fourth-order valence-electron chi connectivity index (χ4n) is 2.29. The summed E-state index contributed by atoms with van der Waals surface area (Å²) < 4.78 is 0. The van der Waals surface area contributed by atoms with Crippen LogP contribution in [-0.4, -0.2) is 20.9 Å². The Hall–Kier alpha value is -2.80. The van der Waals surface area contributed by atoms with Crippen LogP contribution in [0, 0.1) is 6.92 Å². The third-order valence-corrected chi connectivity index (χ3v) is 4.43. The minimum absolute atomic E-state index is 0.0101. The largest absolute Gasteiger partial charge is 0.351 e. The fraction of sp³-hybridized carbons (Fsp3) is 0.176. The van der Waals surface area contributed by atoms with Gasteiger partial charge in [-0.1, -0.05) is 6.07 Å². The molecule has 0 radical (unpaired) electrons. The van der Waals surface area contributed by atoms with E-state index in [1.54, 1.807) is 42.8 Å². The molecule has 122 valence electrons. The number of thiophene rings is 1. The Morgan fingerprint density at radius 1 is 1.29 bits per heavy atom. The van der Waals surface area contributed by atoms with Gasteiger partial charge in [0.15, 0.2) is 0 Å². The fourth-order valence-corrected chi connectivity index (χ4v) is 2.93. The third-order valence-electron chi connectivity index (χ3n) is 3.55. The molecule has 0 spiro atoms. The average molecular weight is 340 g/mol. The number of aromatic nitrogens is 3. The van der Waals surface area contributed by atoms with Gasteiger partial charge >= 0.3 is 0 Å². The van der Waals surface area contributed by atoms with E-state index in [1.807, 2.05) is 17.5 Å². The molecule has 3 aromatic rings. The molecule has 0 aliphatic carbocycles. The van der Waals surface area contributed by atoms with Gasteiger partial charge in [0.25, 0.3) is 5.56 Å². The molecular formula is C17H16N4O2S. The van der Waals surface area contributed by atoms with Crippen LogP contribution in [0.5, 0.6) is 0 Å². The van der Waals surface area contributed by atoms with Gasteiger partial charge in [-0.05, 0) is 30.5 Å². The second-order valence-corrected chi connectivity index (χ2v) is 6.28. The molecule has 0 saturated carbocycles. The van der Waals surface area contributed by atoms with Crippen LogP contribution in [0.2, 0.25) is 0 Å². The normalized spacial score (nSPS) is 10.5. The first-order chi connectivity index (χ1) is 11.6. The van der Waals surface area contributed by atoms with Crippen molar-refractivity contribution in [2.24, 2.45) is 0 Å². The van der Waals surface area contributed by atoms with Crippen molar-refractivity contribution in [2.75, 3.05) is 0 Å². The molecule has 3 rings (SSSR count). The smallest absolute Gasteiger partial charge is 0.255 e. The summed E-state index contributed by atoms with van der Waals surface area (Å²) in [5.41, 5.74) is 1.42. The first-order valence-electron chi connectivity index (χ1n) is 7.43. The van der Waals surface area contributed by atoms with Crippen LogP contribution in [0.3, 0.4) is 0 Å². The lowest BCUT2D eigenvalue weighted by atomic mass is 10.1. The second-order valence-electron chi connectivity index (χ2n) is 5.25. The lowest BCUT2D eigenvalue weighted by Crippen LogP contribution is -2.28. The maximum absolute atomic E-state index is 12.3. The van der Waals surface area contributed by atoms with Crippen LogP contribution in [0.4, 0.5) is 0 Å². The molecule has 24 heavy (non-hydrogen) atoms. The number of rotatable bonds is 5. The molecule has 3 aromatic heterocycles. The average Bonchev–Trinajstić information content (AvgIpc) is 3.10. The molecule has 0 fully saturated rings. The topological polar surface area (TPSA) is 87.7 Å². The van der Waals surface area contributed by atoms with E-state index in [2.05, 4.69) is 20.3 Å². The van der Waals surface area contributed by atoms with E-state index in [0.717, 1.165) is 10.4 Å². The van der Waals surface area contributed by atoms with Crippen molar-refractivity contribution in [1.82, 2.24) is 20.3 Å². The predicted octanol–water partition coefficient (Wildman–Crippen LogP) is 2.06. The zero-order valence-electron chi connectivity index (χ0n) is 13.1. The molecular weight excluding hydrogens is 324 g/mol. The van der Waals surface area contributed by atoms with Crippen molar-refractivity contribution >= 4 is 17.2 Å². The molecule has 0 aromatic carbocycles. The highest BCUT2D eigenvalue weighted by Crippen LogP contribution is 2.13. The van der Waals surface area contributed by atoms with Gasteiger partial charge in [0.2, 0.25) is 5.91 Å². The number of hydrogen-bond donors (Lipinski definition) is 2. The van der Waals surface area contributed by atoms with Crippen LogP contribution >= 0.6 is 11.3 Å². The van der Waals surface area contributed by atoms with Crippen molar-refractivity contribution in [1.29, 1.82) is 0 Å². The van der Waals surface area contributed by atoms with E-state index in [4.69, 9.17) is 0 Å². The van der Waals surface area contributed by atoms with Crippen LogP contribution in [0.15, 0.2) is 46.8 Å². The Bertz CT molecular complexity index is 889. The molecule has 0 bridgehead atoms. The lowest BCUT2D eigenvalue weighted by Gasteiger charge is -2.08. The predicted molar refractivity (Wildman–Crippen MR) is 92.7 cm³/mol. The summed E-state index contributed by atoms with van der Waals surface area (Å²) in [6.07, 6.45) is 3.28. The van der Waals surface area contributed by atoms with E-state index < -0.39 is 0 Å². The number of amides is 1. The summed E-state index contributed by atoms with van der Waals surface area (Å²) in [6, 6.07) is 7.42. The number of pyridine rings is 1. The van der Waals surface area contributed by atoms with Gasteiger partial charge in [0.1, 0.15) is 5.82 Å². The molecule has 1 amide bonds. The van der Waals surface area contributed by atoms with E-state index in [-0.39, 0.29) is 17.9 Å². The number of H-pyrrole nitrogens is 1. The zero-order valence-corrected chi connectivity index (χ0v) is 13.9. The molecule has 0 atom stereocenters. The number of carbonyl (C=O) groups excluding carboxylic acids is 1. The molecule has 7 heteroatoms. The summed E-state index contributed by atoms with van der Waals surface area (Å²) in [5.74, 6) is 0.276. The first-order valence-corrected chi connectivity index (χ1v) is 8.30. The Kier molecular flexibility index (Phi) is 4.81.